The van der Waals surface area contributed by atoms with E-state index >= 15 is 0 Å². The van der Waals surface area contributed by atoms with Crippen molar-refractivity contribution in [3.8, 4) is 11.3 Å². The summed E-state index contributed by atoms with van der Waals surface area (Å²) in [4.78, 5) is 22.7. The summed E-state index contributed by atoms with van der Waals surface area (Å²) in [6.07, 6.45) is 0. The van der Waals surface area contributed by atoms with Gasteiger partial charge in [0, 0.05) is 5.56 Å². The third-order valence-electron chi connectivity index (χ3n) is 4.39. The topological polar surface area (TPSA) is 47.3 Å². The molecule has 0 saturated heterocycles. The van der Waals surface area contributed by atoms with Crippen molar-refractivity contribution in [3.63, 3.8) is 0 Å². The van der Waals surface area contributed by atoms with Crippen molar-refractivity contribution in [2.75, 3.05) is 0 Å². The fourth-order valence-corrected chi connectivity index (χ4v) is 3.22. The van der Waals surface area contributed by atoms with E-state index in [1.54, 1.807) is 4.40 Å². The average molecular weight is 323 g/mol. The Morgan fingerprint density at radius 2 is 1.36 bits per heavy atom. The molecule has 0 aliphatic heterocycles. The molecular weight excluding hydrogens is 310 g/mol. The zero-order valence-electron chi connectivity index (χ0n) is 13.3. The van der Waals surface area contributed by atoms with Crippen LogP contribution < -0.4 is 5.56 Å². The van der Waals surface area contributed by atoms with Crippen molar-refractivity contribution in [2.24, 2.45) is 0 Å². The third kappa shape index (κ3) is 2.04. The van der Waals surface area contributed by atoms with Gasteiger partial charge in [-0.25, -0.2) is 9.97 Å². The van der Waals surface area contributed by atoms with E-state index in [1.165, 1.54) is 0 Å². The molecule has 0 amide bonds. The van der Waals surface area contributed by atoms with E-state index < -0.39 is 0 Å². The highest BCUT2D eigenvalue weighted by molar-refractivity contribution is 5.89. The third-order valence-corrected chi connectivity index (χ3v) is 4.39. The molecule has 5 aromatic rings. The molecule has 4 nitrogen and oxygen atoms in total. The van der Waals surface area contributed by atoms with Crippen LogP contribution in [0.25, 0.3) is 38.8 Å². The molecule has 2 aromatic heterocycles. The molecule has 0 bridgehead atoms. The monoisotopic (exact) mass is 323 g/mol. The van der Waals surface area contributed by atoms with E-state index in [-0.39, 0.29) is 5.56 Å². The van der Waals surface area contributed by atoms with E-state index in [1.807, 2.05) is 78.9 Å². The first-order chi connectivity index (χ1) is 12.3. The van der Waals surface area contributed by atoms with E-state index in [9.17, 15) is 4.79 Å². The summed E-state index contributed by atoms with van der Waals surface area (Å²) in [6.45, 7) is 0. The van der Waals surface area contributed by atoms with Gasteiger partial charge >= 0.3 is 0 Å². The highest BCUT2D eigenvalue weighted by Crippen LogP contribution is 2.25. The van der Waals surface area contributed by atoms with Crippen LogP contribution in [0.4, 0.5) is 0 Å². The zero-order valence-corrected chi connectivity index (χ0v) is 13.3. The molecule has 3 aromatic carbocycles. The van der Waals surface area contributed by atoms with Crippen LogP contribution in [0.3, 0.4) is 0 Å². The molecule has 118 valence electrons. The van der Waals surface area contributed by atoms with Crippen LogP contribution >= 0.6 is 0 Å². The largest absolute Gasteiger partial charge is 0.268 e. The van der Waals surface area contributed by atoms with Crippen molar-refractivity contribution < 1.29 is 0 Å². The number of nitrogens with zero attached hydrogens (tertiary/aromatic N) is 3. The minimum atomic E-state index is -0.0728. The van der Waals surface area contributed by atoms with Gasteiger partial charge in [0.25, 0.3) is 5.56 Å². The first-order valence-electron chi connectivity index (χ1n) is 8.08. The van der Waals surface area contributed by atoms with Crippen LogP contribution in [0.1, 0.15) is 0 Å². The molecule has 0 unspecified atom stereocenters. The van der Waals surface area contributed by atoms with Gasteiger partial charge in [0.1, 0.15) is 5.69 Å². The van der Waals surface area contributed by atoms with Crippen LogP contribution in [-0.4, -0.2) is 14.4 Å². The molecule has 0 spiro atoms. The summed E-state index contributed by atoms with van der Waals surface area (Å²) in [5.74, 6) is 0. The minimum absolute atomic E-state index is 0.0728. The SMILES string of the molecule is O=c1c2ccccc2nc2c(-c3ccccc3)nc3ccccc3n12. The molecule has 4 heteroatoms. The number of benzene rings is 3. The summed E-state index contributed by atoms with van der Waals surface area (Å²) >= 11 is 0. The average Bonchev–Trinajstić information content (AvgIpc) is 2.68. The number of fused-ring (bicyclic) bond motifs is 4. The maximum absolute atomic E-state index is 13.2. The van der Waals surface area contributed by atoms with Gasteiger partial charge in [-0.3, -0.25) is 9.20 Å². The molecular formula is C21H13N3O. The van der Waals surface area contributed by atoms with Crippen LogP contribution in [0.15, 0.2) is 83.7 Å². The quantitative estimate of drug-likeness (QED) is 0.345. The van der Waals surface area contributed by atoms with Gasteiger partial charge < -0.3 is 0 Å². The molecule has 0 atom stereocenters. The second-order valence-corrected chi connectivity index (χ2v) is 5.91. The Balaban J connectivity index is 2.08. The molecule has 0 fully saturated rings. The highest BCUT2D eigenvalue weighted by Gasteiger charge is 2.14. The number of rotatable bonds is 1. The molecule has 0 N–H and O–H groups in total. The molecule has 0 aliphatic carbocycles. The van der Waals surface area contributed by atoms with Crippen LogP contribution in [-0.2, 0) is 0 Å². The van der Waals surface area contributed by atoms with Crippen LogP contribution in [0.2, 0.25) is 0 Å². The predicted molar refractivity (Wildman–Crippen MR) is 99.7 cm³/mol. The normalized spacial score (nSPS) is 11.4. The number of hydrogen-bond donors (Lipinski definition) is 0. The number of aromatic nitrogens is 3. The van der Waals surface area contributed by atoms with Gasteiger partial charge in [0.15, 0.2) is 5.65 Å². The summed E-state index contributed by atoms with van der Waals surface area (Å²) in [7, 11) is 0. The highest BCUT2D eigenvalue weighted by atomic mass is 16.1. The summed E-state index contributed by atoms with van der Waals surface area (Å²) in [5, 5.41) is 0.607. The van der Waals surface area contributed by atoms with Crippen LogP contribution in [0, 0.1) is 0 Å². The van der Waals surface area contributed by atoms with Gasteiger partial charge in [-0.1, -0.05) is 54.6 Å². The van der Waals surface area contributed by atoms with Crippen molar-refractivity contribution in [1.82, 2.24) is 14.4 Å². The molecule has 5 rings (SSSR count). The van der Waals surface area contributed by atoms with Gasteiger partial charge in [0.05, 0.1) is 21.9 Å². The maximum atomic E-state index is 13.2. The van der Waals surface area contributed by atoms with Crippen LogP contribution in [0.5, 0.6) is 0 Å². The Labute approximate surface area is 143 Å². The predicted octanol–water partition coefficient (Wildman–Crippen LogP) is 4.06. The van der Waals surface area contributed by atoms with E-state index in [0.717, 1.165) is 16.6 Å². The van der Waals surface area contributed by atoms with E-state index in [4.69, 9.17) is 9.97 Å². The number of para-hydroxylation sites is 3. The molecule has 0 saturated carbocycles. The van der Waals surface area contributed by atoms with Gasteiger partial charge in [0.2, 0.25) is 0 Å². The molecule has 2 heterocycles. The second kappa shape index (κ2) is 5.24. The maximum Gasteiger partial charge on any atom is 0.266 e. The fourth-order valence-electron chi connectivity index (χ4n) is 3.22. The first kappa shape index (κ1) is 13.9. The van der Waals surface area contributed by atoms with Gasteiger partial charge in [-0.2, -0.15) is 0 Å². The first-order valence-corrected chi connectivity index (χ1v) is 8.08. The zero-order chi connectivity index (χ0) is 16.8. The second-order valence-electron chi connectivity index (χ2n) is 5.91. The molecule has 0 radical (unpaired) electrons. The fraction of sp³-hybridized carbons (Fsp3) is 0. The van der Waals surface area contributed by atoms with Crippen molar-refractivity contribution >= 4 is 27.6 Å². The smallest absolute Gasteiger partial charge is 0.266 e. The Hall–Kier alpha value is -3.53. The lowest BCUT2D eigenvalue weighted by molar-refractivity contribution is 1.11. The lowest BCUT2D eigenvalue weighted by Gasteiger charge is -2.11. The standard InChI is InChI=1S/C21H13N3O/c25-21-15-10-4-5-11-16(15)23-20-19(14-8-2-1-3-9-14)22-17-12-6-7-13-18(17)24(20)21/h1-13H. The molecule has 25 heavy (non-hydrogen) atoms. The Morgan fingerprint density at radius 1 is 0.680 bits per heavy atom. The van der Waals surface area contributed by atoms with Gasteiger partial charge in [-0.15, -0.1) is 0 Å². The van der Waals surface area contributed by atoms with E-state index in [0.29, 0.717) is 22.2 Å². The van der Waals surface area contributed by atoms with Crippen molar-refractivity contribution in [1.29, 1.82) is 0 Å². The van der Waals surface area contributed by atoms with E-state index in [2.05, 4.69) is 0 Å². The minimum Gasteiger partial charge on any atom is -0.268 e. The van der Waals surface area contributed by atoms with Crippen molar-refractivity contribution in [2.45, 2.75) is 0 Å². The summed E-state index contributed by atoms with van der Waals surface area (Å²) < 4.78 is 1.67. The number of hydrogen-bond acceptors (Lipinski definition) is 3. The summed E-state index contributed by atoms with van der Waals surface area (Å²) in [6, 6.07) is 24.9. The van der Waals surface area contributed by atoms with Crippen molar-refractivity contribution in [3.05, 3.63) is 89.2 Å². The summed E-state index contributed by atoms with van der Waals surface area (Å²) in [5.41, 5.74) is 4.37. The van der Waals surface area contributed by atoms with Gasteiger partial charge in [-0.05, 0) is 24.3 Å². The Morgan fingerprint density at radius 3 is 2.20 bits per heavy atom. The lowest BCUT2D eigenvalue weighted by Crippen LogP contribution is -2.17. The lowest BCUT2D eigenvalue weighted by atomic mass is 10.1. The Kier molecular flexibility index (Phi) is 2.91. The molecule has 0 aliphatic rings. The Bertz CT molecular complexity index is 1310.